The van der Waals surface area contributed by atoms with E-state index in [0.29, 0.717) is 6.61 Å². The quantitative estimate of drug-likeness (QED) is 0.0342. The molecule has 4 aromatic rings. The second-order valence-electron chi connectivity index (χ2n) is 50.1. The van der Waals surface area contributed by atoms with Gasteiger partial charge in [-0.2, -0.15) is 0 Å². The molecule has 0 radical (unpaired) electrons. The summed E-state index contributed by atoms with van der Waals surface area (Å²) >= 11 is 0. The zero-order chi connectivity index (χ0) is 91.2. The van der Waals surface area contributed by atoms with Crippen LogP contribution in [-0.2, 0) is 4.43 Å². The molecule has 4 aromatic carbocycles. The smallest absolute Gasteiger partial charge is 0.250 e. The Hall–Kier alpha value is -2.81. The summed E-state index contributed by atoms with van der Waals surface area (Å²) in [5, 5.41) is -1.17. The standard InChI is InChI=1S/C100H186O9Si9/c1-49-52-55-59-72-76-64-78(86(104-113(37,38)95(13,14)15)68-84(76)102-111(33,34)93(7,8)9)73(60-56-53-50-2)80-66-82(90(108-117(45,46)99(25,26)27)70-88(80)106-115(41,42)97(19,20)21)75(62-58-63-101-110(31,32)92(4,5)6)83-67-81(89(107-116(43,44)98(22,23)24)71-91(83)109-118(47,48)100(28,29)30)74(61-57-54-51-3)79-65-77(72)85(103-112(35,36)94(10,11)12)69-87(79)105-114(39,40)96(16,17)18/h64-75H,49-63H2,1-48H3. The average Bonchev–Trinajstić information content (AvgIpc) is 0.733. The van der Waals surface area contributed by atoms with Crippen LogP contribution in [0.1, 0.15) is 366 Å². The van der Waals surface area contributed by atoms with E-state index >= 15 is 0 Å². The lowest BCUT2D eigenvalue weighted by Crippen LogP contribution is -2.45. The fraction of sp³-hybridized carbons (Fsp3) is 0.760. The first-order valence-electron chi connectivity index (χ1n) is 46.7. The Labute approximate surface area is 739 Å². The van der Waals surface area contributed by atoms with Crippen molar-refractivity contribution in [2.75, 3.05) is 6.61 Å². The first-order valence-corrected chi connectivity index (χ1v) is 72.9. The van der Waals surface area contributed by atoms with Crippen LogP contribution in [0.2, 0.25) is 163 Å². The number of benzene rings is 4. The predicted molar refractivity (Wildman–Crippen MR) is 541 cm³/mol. The van der Waals surface area contributed by atoms with E-state index in [9.17, 15) is 0 Å². The molecule has 0 aliphatic heterocycles. The van der Waals surface area contributed by atoms with Crippen molar-refractivity contribution in [2.45, 2.75) is 484 Å². The minimum atomic E-state index is -2.72. The maximum atomic E-state index is 8.32. The van der Waals surface area contributed by atoms with Crippen molar-refractivity contribution < 1.29 is 39.8 Å². The lowest BCUT2D eigenvalue weighted by atomic mass is 9.76. The van der Waals surface area contributed by atoms with Gasteiger partial charge in [-0.1, -0.05) is 265 Å². The van der Waals surface area contributed by atoms with Crippen molar-refractivity contribution in [1.29, 1.82) is 0 Å². The summed E-state index contributed by atoms with van der Waals surface area (Å²) in [4.78, 5) is 0. The van der Waals surface area contributed by atoms with E-state index < -0.39 is 74.9 Å². The molecule has 0 heterocycles. The van der Waals surface area contributed by atoms with Crippen LogP contribution in [0, 0.1) is 0 Å². The van der Waals surface area contributed by atoms with Gasteiger partial charge in [0.2, 0.25) is 66.5 Å². The van der Waals surface area contributed by atoms with E-state index in [4.69, 9.17) is 39.8 Å². The number of hydrogen-bond acceptors (Lipinski definition) is 9. The molecule has 1 aliphatic rings. The second-order valence-corrected chi connectivity index (χ2v) is 92.7. The number of unbranched alkanes of at least 4 members (excludes halogenated alkanes) is 6. The highest BCUT2D eigenvalue weighted by Crippen LogP contribution is 2.59. The molecule has 118 heavy (non-hydrogen) atoms. The average molecular weight is 1790 g/mol. The van der Waals surface area contributed by atoms with Gasteiger partial charge in [0.15, 0.2) is 8.32 Å². The van der Waals surface area contributed by atoms with Gasteiger partial charge < -0.3 is 39.8 Å². The molecule has 0 aromatic heterocycles. The molecule has 0 N–H and O–H groups in total. The van der Waals surface area contributed by atoms with Gasteiger partial charge in [-0.25, -0.2) is 0 Å². The maximum Gasteiger partial charge on any atom is 0.250 e. The first kappa shape index (κ1) is 106. The van der Waals surface area contributed by atoms with E-state index in [1.54, 1.807) is 0 Å². The molecule has 2 unspecified atom stereocenters. The molecule has 9 nitrogen and oxygen atoms in total. The van der Waals surface area contributed by atoms with Gasteiger partial charge in [0.1, 0.15) is 46.0 Å². The Balaban J connectivity index is 2.62. The molecule has 0 saturated heterocycles. The highest BCUT2D eigenvalue weighted by molar-refractivity contribution is 6.78. The second kappa shape index (κ2) is 37.6. The van der Waals surface area contributed by atoms with Crippen LogP contribution in [0.25, 0.3) is 0 Å². The fourth-order valence-electron chi connectivity index (χ4n) is 13.2. The van der Waals surface area contributed by atoms with Crippen molar-refractivity contribution >= 4 is 74.9 Å². The molecule has 0 fully saturated rings. The van der Waals surface area contributed by atoms with Crippen LogP contribution in [0.3, 0.4) is 0 Å². The Morgan fingerprint density at radius 1 is 0.195 bits per heavy atom. The van der Waals surface area contributed by atoms with Gasteiger partial charge in [0.05, 0.1) is 0 Å². The van der Waals surface area contributed by atoms with Crippen LogP contribution >= 0.6 is 0 Å². The van der Waals surface area contributed by atoms with Gasteiger partial charge >= 0.3 is 0 Å². The Morgan fingerprint density at radius 3 is 0.458 bits per heavy atom. The van der Waals surface area contributed by atoms with Crippen LogP contribution < -0.4 is 35.4 Å². The van der Waals surface area contributed by atoms with Crippen molar-refractivity contribution in [3.8, 4) is 46.0 Å². The summed E-state index contributed by atoms with van der Waals surface area (Å²) in [5.74, 6) is 6.46. The lowest BCUT2D eigenvalue weighted by molar-refractivity contribution is 0.276. The zero-order valence-electron chi connectivity index (χ0n) is 86.2. The Morgan fingerprint density at radius 2 is 0.331 bits per heavy atom. The zero-order valence-corrected chi connectivity index (χ0v) is 95.2. The molecule has 18 heteroatoms. The summed E-state index contributed by atoms with van der Waals surface area (Å²) in [6, 6.07) is 20.5. The monoisotopic (exact) mass is 1780 g/mol. The summed E-state index contributed by atoms with van der Waals surface area (Å²) in [6.07, 6.45) is 13.6. The molecule has 1 aliphatic carbocycles. The normalized spacial score (nSPS) is 17.4. The third-order valence-electron chi connectivity index (χ3n) is 31.1. The highest BCUT2D eigenvalue weighted by atomic mass is 28.4. The Kier molecular flexibility index (Phi) is 33.7. The molecule has 5 rings (SSSR count). The van der Waals surface area contributed by atoms with Crippen LogP contribution in [0.5, 0.6) is 46.0 Å². The highest BCUT2D eigenvalue weighted by Gasteiger charge is 2.51. The SMILES string of the molecule is CCCCCC1c2cc(c(O[Si](C)(C)C(C)(C)C)cc2O[Si](C)(C)C(C)(C)C)C(CCCCC)c2cc(c(O[Si](C)(C)C(C)(C)C)cc2O[Si](C)(C)C(C)(C)C)C(CCCO[Si](C)(C)C(C)(C)C)c2cc(c(O[Si](C)(C)C(C)(C)C)cc2O[Si](C)(C)C(C)(C)C)C(CCCCC)c2cc1c(O[Si](C)(C)C(C)(C)C)cc2O[Si](C)(C)C(C)(C)C. The Bertz CT molecular complexity index is 3620. The number of rotatable bonds is 33. The van der Waals surface area contributed by atoms with E-state index in [1.807, 2.05) is 0 Å². The van der Waals surface area contributed by atoms with Gasteiger partial charge in [-0.15, -0.1) is 0 Å². The van der Waals surface area contributed by atoms with Gasteiger partial charge in [0, 0.05) is 99.1 Å². The van der Waals surface area contributed by atoms with Crippen molar-refractivity contribution in [3.05, 3.63) is 93.0 Å². The molecule has 0 saturated carbocycles. The summed E-state index contributed by atoms with van der Waals surface area (Å²) < 4.78 is 73.8. The van der Waals surface area contributed by atoms with Crippen molar-refractivity contribution in [3.63, 3.8) is 0 Å². The summed E-state index contributed by atoms with van der Waals surface area (Å²) in [5.41, 5.74) is 9.55. The third kappa shape index (κ3) is 25.3. The molecule has 2 atom stereocenters. The molecule has 8 bridgehead atoms. The predicted octanol–water partition coefficient (Wildman–Crippen LogP) is 35.1. The van der Waals surface area contributed by atoms with E-state index in [1.165, 1.54) is 44.5 Å². The number of hydrogen-bond donors (Lipinski definition) is 0. The molecular weight excluding hydrogens is 1600 g/mol. The minimum Gasteiger partial charge on any atom is -0.543 e. The van der Waals surface area contributed by atoms with Gasteiger partial charge in [-0.05, 0) is 220 Å². The van der Waals surface area contributed by atoms with E-state index in [0.717, 1.165) is 136 Å². The lowest BCUT2D eigenvalue weighted by Gasteiger charge is -2.43. The topological polar surface area (TPSA) is 83.1 Å². The fourth-order valence-corrected chi connectivity index (χ4v) is 22.6. The van der Waals surface area contributed by atoms with Crippen molar-refractivity contribution in [2.24, 2.45) is 0 Å². The van der Waals surface area contributed by atoms with Crippen LogP contribution in [-0.4, -0.2) is 81.5 Å². The third-order valence-corrected chi connectivity index (χ3v) is 70.4. The van der Waals surface area contributed by atoms with E-state index in [2.05, 4.69) is 374 Å². The molecule has 676 valence electrons. The summed E-state index contributed by atoms with van der Waals surface area (Å²) in [6.45, 7) is 116. The van der Waals surface area contributed by atoms with E-state index in [-0.39, 0.29) is 69.0 Å². The van der Waals surface area contributed by atoms with Gasteiger partial charge in [-0.3, -0.25) is 0 Å². The molecule has 0 amide bonds. The van der Waals surface area contributed by atoms with Crippen molar-refractivity contribution in [1.82, 2.24) is 0 Å². The largest absolute Gasteiger partial charge is 0.543 e. The molecular formula is C100H186O9Si9. The van der Waals surface area contributed by atoms with Crippen LogP contribution in [0.4, 0.5) is 0 Å². The molecule has 0 spiro atoms. The summed E-state index contributed by atoms with van der Waals surface area (Å²) in [7, 11) is -23.8. The first-order chi connectivity index (χ1) is 52.8. The maximum absolute atomic E-state index is 8.32. The van der Waals surface area contributed by atoms with Crippen LogP contribution in [0.15, 0.2) is 48.5 Å². The number of fused-ring (bicyclic) bond motifs is 8. The minimum absolute atomic E-state index is 0.0202. The van der Waals surface area contributed by atoms with Gasteiger partial charge in [0.25, 0.3) is 0 Å².